The number of ketones is 1. The third-order valence-electron chi connectivity index (χ3n) is 3.08. The molecule has 1 N–H and O–H groups in total. The summed E-state index contributed by atoms with van der Waals surface area (Å²) in [6.45, 7) is 5.74. The lowest BCUT2D eigenvalue weighted by Gasteiger charge is -2.21. The lowest BCUT2D eigenvalue weighted by Crippen LogP contribution is -2.21. The van der Waals surface area contributed by atoms with Gasteiger partial charge in [0.25, 0.3) is 0 Å². The predicted molar refractivity (Wildman–Crippen MR) is 75.4 cm³/mol. The Morgan fingerprint density at radius 1 is 1.11 bits per heavy atom. The number of benzene rings is 1. The van der Waals surface area contributed by atoms with E-state index in [1.165, 1.54) is 5.56 Å². The molecule has 0 atom stereocenters. The molecule has 19 heavy (non-hydrogen) atoms. The van der Waals surface area contributed by atoms with Crippen LogP contribution in [0.25, 0.3) is 0 Å². The van der Waals surface area contributed by atoms with Crippen LogP contribution in [0.5, 0.6) is 0 Å². The highest BCUT2D eigenvalue weighted by Gasteiger charge is 2.25. The molecule has 0 saturated carbocycles. The van der Waals surface area contributed by atoms with Crippen molar-refractivity contribution in [3.05, 3.63) is 35.4 Å². The largest absolute Gasteiger partial charge is 0.481 e. The Balaban J connectivity index is 2.70. The van der Waals surface area contributed by atoms with Gasteiger partial charge in [-0.2, -0.15) is 0 Å². The molecule has 0 spiro atoms. The minimum Gasteiger partial charge on any atom is -0.481 e. The number of aliphatic carboxylic acids is 1. The lowest BCUT2D eigenvalue weighted by molar-refractivity contribution is -0.139. The molecule has 0 fully saturated rings. The standard InChI is InChI=1S/C16H22O3/c1-4-5-12-6-8-13(9-7-12)14(17)10-16(2,3)11-15(18)19/h6-9H,4-5,10-11H2,1-3H3,(H,18,19). The van der Waals surface area contributed by atoms with Gasteiger partial charge in [-0.25, -0.2) is 0 Å². The van der Waals surface area contributed by atoms with Crippen LogP contribution in [-0.4, -0.2) is 16.9 Å². The molecule has 3 nitrogen and oxygen atoms in total. The molecule has 0 aliphatic carbocycles. The van der Waals surface area contributed by atoms with Crippen molar-refractivity contribution in [1.29, 1.82) is 0 Å². The van der Waals surface area contributed by atoms with E-state index in [2.05, 4.69) is 6.92 Å². The van der Waals surface area contributed by atoms with E-state index < -0.39 is 11.4 Å². The molecule has 0 unspecified atom stereocenters. The van der Waals surface area contributed by atoms with Crippen LogP contribution in [0.15, 0.2) is 24.3 Å². The number of carboxylic acids is 1. The number of hydrogen-bond donors (Lipinski definition) is 1. The quantitative estimate of drug-likeness (QED) is 0.762. The van der Waals surface area contributed by atoms with Crippen molar-refractivity contribution in [2.75, 3.05) is 0 Å². The number of Topliss-reactive ketones (excluding diaryl/α,β-unsaturated/α-hetero) is 1. The van der Waals surface area contributed by atoms with E-state index in [0.717, 1.165) is 12.8 Å². The number of rotatable bonds is 7. The van der Waals surface area contributed by atoms with Crippen LogP contribution in [0.1, 0.15) is 56.0 Å². The molecule has 0 radical (unpaired) electrons. The van der Waals surface area contributed by atoms with Crippen molar-refractivity contribution in [1.82, 2.24) is 0 Å². The summed E-state index contributed by atoms with van der Waals surface area (Å²) in [7, 11) is 0. The SMILES string of the molecule is CCCc1ccc(C(=O)CC(C)(C)CC(=O)O)cc1. The number of aryl methyl sites for hydroxylation is 1. The van der Waals surface area contributed by atoms with Crippen molar-refractivity contribution < 1.29 is 14.7 Å². The number of carbonyl (C=O) groups is 2. The van der Waals surface area contributed by atoms with Crippen LogP contribution in [-0.2, 0) is 11.2 Å². The van der Waals surface area contributed by atoms with Crippen molar-refractivity contribution in [2.45, 2.75) is 46.5 Å². The maximum atomic E-state index is 12.1. The zero-order valence-electron chi connectivity index (χ0n) is 11.9. The van der Waals surface area contributed by atoms with E-state index in [-0.39, 0.29) is 18.6 Å². The molecule has 1 aromatic rings. The molecule has 3 heteroatoms. The third-order valence-corrected chi connectivity index (χ3v) is 3.08. The normalized spacial score (nSPS) is 11.3. The van der Waals surface area contributed by atoms with Gasteiger partial charge in [0.05, 0.1) is 6.42 Å². The highest BCUT2D eigenvalue weighted by molar-refractivity contribution is 5.96. The van der Waals surface area contributed by atoms with Gasteiger partial charge in [-0.15, -0.1) is 0 Å². The van der Waals surface area contributed by atoms with E-state index in [1.54, 1.807) is 0 Å². The molecule has 0 aromatic heterocycles. The van der Waals surface area contributed by atoms with Gasteiger partial charge >= 0.3 is 5.97 Å². The van der Waals surface area contributed by atoms with Crippen LogP contribution in [0, 0.1) is 5.41 Å². The van der Waals surface area contributed by atoms with E-state index in [1.807, 2.05) is 38.1 Å². The number of hydrogen-bond acceptors (Lipinski definition) is 2. The summed E-state index contributed by atoms with van der Waals surface area (Å²) in [6.07, 6.45) is 2.36. The second-order valence-electron chi connectivity index (χ2n) is 5.78. The van der Waals surface area contributed by atoms with Crippen LogP contribution < -0.4 is 0 Å². The van der Waals surface area contributed by atoms with Gasteiger partial charge in [0.1, 0.15) is 0 Å². The fraction of sp³-hybridized carbons (Fsp3) is 0.500. The van der Waals surface area contributed by atoms with Gasteiger partial charge < -0.3 is 5.11 Å². The fourth-order valence-corrected chi connectivity index (χ4v) is 2.15. The monoisotopic (exact) mass is 262 g/mol. The first-order valence-electron chi connectivity index (χ1n) is 6.68. The average Bonchev–Trinajstić information content (AvgIpc) is 2.27. The Hall–Kier alpha value is -1.64. The van der Waals surface area contributed by atoms with E-state index >= 15 is 0 Å². The minimum absolute atomic E-state index is 0.00661. The first kappa shape index (κ1) is 15.4. The Kier molecular flexibility index (Phi) is 5.28. The molecule has 0 saturated heterocycles. The number of carbonyl (C=O) groups excluding carboxylic acids is 1. The maximum Gasteiger partial charge on any atom is 0.303 e. The number of carboxylic acid groups (broad SMARTS) is 1. The highest BCUT2D eigenvalue weighted by atomic mass is 16.4. The van der Waals surface area contributed by atoms with Gasteiger partial charge in [0, 0.05) is 12.0 Å². The smallest absolute Gasteiger partial charge is 0.303 e. The molecule has 0 heterocycles. The third kappa shape index (κ3) is 5.25. The van der Waals surface area contributed by atoms with Crippen LogP contribution >= 0.6 is 0 Å². The molecule has 0 bridgehead atoms. The first-order valence-corrected chi connectivity index (χ1v) is 6.68. The van der Waals surface area contributed by atoms with Crippen molar-refractivity contribution in [3.8, 4) is 0 Å². The van der Waals surface area contributed by atoms with Crippen LogP contribution in [0.3, 0.4) is 0 Å². The topological polar surface area (TPSA) is 54.4 Å². The lowest BCUT2D eigenvalue weighted by atomic mass is 9.82. The fourth-order valence-electron chi connectivity index (χ4n) is 2.15. The predicted octanol–water partition coefficient (Wildman–Crippen LogP) is 3.71. The van der Waals surface area contributed by atoms with Crippen molar-refractivity contribution in [3.63, 3.8) is 0 Å². The summed E-state index contributed by atoms with van der Waals surface area (Å²) >= 11 is 0. The molecule has 104 valence electrons. The summed E-state index contributed by atoms with van der Waals surface area (Å²) in [5, 5.41) is 8.82. The van der Waals surface area contributed by atoms with Crippen molar-refractivity contribution in [2.24, 2.45) is 5.41 Å². The average molecular weight is 262 g/mol. The van der Waals surface area contributed by atoms with E-state index in [9.17, 15) is 9.59 Å². The van der Waals surface area contributed by atoms with Gasteiger partial charge in [0.2, 0.25) is 0 Å². The zero-order valence-corrected chi connectivity index (χ0v) is 11.9. The highest BCUT2D eigenvalue weighted by Crippen LogP contribution is 2.27. The Bertz CT molecular complexity index is 444. The Labute approximate surface area is 114 Å². The molecular formula is C16H22O3. The molecule has 0 amide bonds. The van der Waals surface area contributed by atoms with Crippen LogP contribution in [0.4, 0.5) is 0 Å². The van der Waals surface area contributed by atoms with Crippen molar-refractivity contribution >= 4 is 11.8 Å². The minimum atomic E-state index is -0.865. The molecular weight excluding hydrogens is 240 g/mol. The summed E-state index contributed by atoms with van der Waals surface area (Å²) < 4.78 is 0. The molecule has 0 aliphatic rings. The van der Waals surface area contributed by atoms with Gasteiger partial charge in [-0.3, -0.25) is 9.59 Å². The second kappa shape index (κ2) is 6.50. The van der Waals surface area contributed by atoms with E-state index in [4.69, 9.17) is 5.11 Å². The first-order chi connectivity index (χ1) is 8.84. The Morgan fingerprint density at radius 2 is 1.68 bits per heavy atom. The Morgan fingerprint density at radius 3 is 2.16 bits per heavy atom. The summed E-state index contributed by atoms with van der Waals surface area (Å²) in [6, 6.07) is 7.62. The van der Waals surface area contributed by atoms with Gasteiger partial charge in [-0.05, 0) is 17.4 Å². The maximum absolute atomic E-state index is 12.1. The second-order valence-corrected chi connectivity index (χ2v) is 5.78. The van der Waals surface area contributed by atoms with E-state index in [0.29, 0.717) is 5.56 Å². The summed E-state index contributed by atoms with van der Waals surface area (Å²) in [5.74, 6) is -0.856. The molecule has 1 rings (SSSR count). The molecule has 1 aromatic carbocycles. The molecule has 0 aliphatic heterocycles. The van der Waals surface area contributed by atoms with Gasteiger partial charge in [-0.1, -0.05) is 51.5 Å². The van der Waals surface area contributed by atoms with Gasteiger partial charge in [0.15, 0.2) is 5.78 Å². The zero-order chi connectivity index (χ0) is 14.5. The van der Waals surface area contributed by atoms with Crippen LogP contribution in [0.2, 0.25) is 0 Å². The summed E-state index contributed by atoms with van der Waals surface area (Å²) in [4.78, 5) is 22.9. The summed E-state index contributed by atoms with van der Waals surface area (Å²) in [5.41, 5.74) is 1.38.